The lowest BCUT2D eigenvalue weighted by molar-refractivity contribution is 0.376. The van der Waals surface area contributed by atoms with E-state index in [0.717, 1.165) is 5.39 Å². The molecule has 0 heterocycles. The van der Waals surface area contributed by atoms with Gasteiger partial charge < -0.3 is 4.74 Å². The summed E-state index contributed by atoms with van der Waals surface area (Å²) in [6.45, 7) is 3.90. The highest BCUT2D eigenvalue weighted by Gasteiger charge is 2.21. The van der Waals surface area contributed by atoms with Crippen LogP contribution in [0.1, 0.15) is 37.2 Å². The lowest BCUT2D eigenvalue weighted by Gasteiger charge is -2.27. The molecule has 0 radical (unpaired) electrons. The monoisotopic (exact) mass is 284 g/mol. The second-order valence-electron chi connectivity index (χ2n) is 5.91. The first kappa shape index (κ1) is 14.1. The average Bonchev–Trinajstić information content (AvgIpc) is 2.55. The van der Waals surface area contributed by atoms with Gasteiger partial charge in [-0.1, -0.05) is 30.3 Å². The normalized spacial score (nSPS) is 22.2. The quantitative estimate of drug-likeness (QED) is 0.681. The Bertz CT molecular complexity index is 654. The van der Waals surface area contributed by atoms with Crippen LogP contribution in [0.3, 0.4) is 0 Å². The minimum atomic E-state index is -0.267. The second kappa shape index (κ2) is 5.88. The molecule has 2 aromatic rings. The van der Waals surface area contributed by atoms with Gasteiger partial charge in [-0.3, -0.25) is 0 Å². The third kappa shape index (κ3) is 2.67. The fraction of sp³-hybridized carbons (Fsp3) is 0.368. The molecule has 0 saturated heterocycles. The van der Waals surface area contributed by atoms with Crippen molar-refractivity contribution in [1.82, 2.24) is 0 Å². The number of hydrogen-bond acceptors (Lipinski definition) is 1. The topological polar surface area (TPSA) is 9.23 Å². The SMILES string of the molecule is C=CC1CCC(c2ccc3c(F)c(OC)ccc3c2)CC1. The Hall–Kier alpha value is -1.83. The van der Waals surface area contributed by atoms with Crippen LogP contribution in [0.4, 0.5) is 4.39 Å². The molecule has 0 aromatic heterocycles. The first-order valence-electron chi connectivity index (χ1n) is 7.61. The van der Waals surface area contributed by atoms with Gasteiger partial charge in [0.05, 0.1) is 7.11 Å². The fourth-order valence-corrected chi connectivity index (χ4v) is 3.39. The summed E-state index contributed by atoms with van der Waals surface area (Å²) < 4.78 is 19.2. The van der Waals surface area contributed by atoms with Crippen LogP contribution >= 0.6 is 0 Å². The van der Waals surface area contributed by atoms with E-state index in [1.54, 1.807) is 6.07 Å². The van der Waals surface area contributed by atoms with E-state index in [1.165, 1.54) is 38.4 Å². The van der Waals surface area contributed by atoms with Crippen LogP contribution in [0, 0.1) is 11.7 Å². The largest absolute Gasteiger partial charge is 0.494 e. The molecule has 1 aliphatic carbocycles. The summed E-state index contributed by atoms with van der Waals surface area (Å²) in [6, 6.07) is 9.74. The van der Waals surface area contributed by atoms with Crippen LogP contribution in [-0.4, -0.2) is 7.11 Å². The molecule has 2 aromatic carbocycles. The zero-order chi connectivity index (χ0) is 14.8. The molecule has 0 amide bonds. The van der Waals surface area contributed by atoms with E-state index in [2.05, 4.69) is 24.8 Å². The third-order valence-corrected chi connectivity index (χ3v) is 4.74. The predicted molar refractivity (Wildman–Crippen MR) is 85.4 cm³/mol. The molecule has 2 heteroatoms. The number of hydrogen-bond donors (Lipinski definition) is 0. The van der Waals surface area contributed by atoms with Crippen molar-refractivity contribution in [2.24, 2.45) is 5.92 Å². The molecule has 0 spiro atoms. The minimum Gasteiger partial charge on any atom is -0.494 e. The smallest absolute Gasteiger partial charge is 0.172 e. The van der Waals surface area contributed by atoms with E-state index in [1.807, 2.05) is 12.1 Å². The van der Waals surface area contributed by atoms with Crippen LogP contribution in [0.25, 0.3) is 10.8 Å². The summed E-state index contributed by atoms with van der Waals surface area (Å²) in [5, 5.41) is 1.59. The number of allylic oxidation sites excluding steroid dienone is 1. The molecular formula is C19H21FO. The van der Waals surface area contributed by atoms with Gasteiger partial charge in [0.1, 0.15) is 0 Å². The van der Waals surface area contributed by atoms with E-state index in [-0.39, 0.29) is 5.82 Å². The van der Waals surface area contributed by atoms with Gasteiger partial charge in [0.15, 0.2) is 11.6 Å². The molecule has 0 bridgehead atoms. The van der Waals surface area contributed by atoms with Crippen LogP contribution < -0.4 is 4.74 Å². The molecule has 0 unspecified atom stereocenters. The highest BCUT2D eigenvalue weighted by Crippen LogP contribution is 2.37. The molecule has 21 heavy (non-hydrogen) atoms. The lowest BCUT2D eigenvalue weighted by Crippen LogP contribution is -2.11. The van der Waals surface area contributed by atoms with E-state index in [9.17, 15) is 4.39 Å². The molecule has 0 aliphatic heterocycles. The zero-order valence-corrected chi connectivity index (χ0v) is 12.4. The van der Waals surface area contributed by atoms with Crippen LogP contribution in [-0.2, 0) is 0 Å². The van der Waals surface area contributed by atoms with Gasteiger partial charge in [-0.05, 0) is 54.5 Å². The van der Waals surface area contributed by atoms with Crippen molar-refractivity contribution in [3.8, 4) is 5.75 Å². The van der Waals surface area contributed by atoms with Gasteiger partial charge in [0.25, 0.3) is 0 Å². The van der Waals surface area contributed by atoms with Crippen molar-refractivity contribution in [1.29, 1.82) is 0 Å². The van der Waals surface area contributed by atoms with Crippen LogP contribution in [0.2, 0.25) is 0 Å². The Labute approximate surface area is 125 Å². The first-order valence-corrected chi connectivity index (χ1v) is 7.61. The summed E-state index contributed by atoms with van der Waals surface area (Å²) in [7, 11) is 1.50. The highest BCUT2D eigenvalue weighted by atomic mass is 19.1. The van der Waals surface area contributed by atoms with Crippen molar-refractivity contribution >= 4 is 10.8 Å². The zero-order valence-electron chi connectivity index (χ0n) is 12.4. The van der Waals surface area contributed by atoms with Gasteiger partial charge in [-0.25, -0.2) is 4.39 Å². The fourth-order valence-electron chi connectivity index (χ4n) is 3.39. The molecule has 1 fully saturated rings. The maximum Gasteiger partial charge on any atom is 0.172 e. The number of rotatable bonds is 3. The Morgan fingerprint density at radius 1 is 1.14 bits per heavy atom. The maximum atomic E-state index is 14.2. The number of fused-ring (bicyclic) bond motifs is 1. The lowest BCUT2D eigenvalue weighted by atomic mass is 9.78. The molecular weight excluding hydrogens is 263 g/mol. The van der Waals surface area contributed by atoms with E-state index in [0.29, 0.717) is 23.0 Å². The molecule has 0 atom stereocenters. The summed E-state index contributed by atoms with van der Waals surface area (Å²) in [4.78, 5) is 0. The molecule has 0 N–H and O–H groups in total. The van der Waals surface area contributed by atoms with Crippen LogP contribution in [0.5, 0.6) is 5.75 Å². The number of methoxy groups -OCH3 is 1. The molecule has 1 saturated carbocycles. The number of halogens is 1. The van der Waals surface area contributed by atoms with Crippen molar-refractivity contribution < 1.29 is 9.13 Å². The molecule has 3 rings (SSSR count). The Balaban J connectivity index is 1.90. The van der Waals surface area contributed by atoms with Crippen LogP contribution in [0.15, 0.2) is 43.0 Å². The summed E-state index contributed by atoms with van der Waals surface area (Å²) in [5.74, 6) is 1.30. The van der Waals surface area contributed by atoms with E-state index < -0.39 is 0 Å². The van der Waals surface area contributed by atoms with Crippen molar-refractivity contribution in [2.45, 2.75) is 31.6 Å². The predicted octanol–water partition coefficient (Wildman–Crippen LogP) is 5.45. The van der Waals surface area contributed by atoms with Gasteiger partial charge in [0.2, 0.25) is 0 Å². The van der Waals surface area contributed by atoms with E-state index >= 15 is 0 Å². The molecule has 110 valence electrons. The first-order chi connectivity index (χ1) is 10.2. The highest BCUT2D eigenvalue weighted by molar-refractivity contribution is 5.85. The number of ether oxygens (including phenoxy) is 1. The van der Waals surface area contributed by atoms with Gasteiger partial charge in [-0.2, -0.15) is 0 Å². The maximum absolute atomic E-state index is 14.2. The summed E-state index contributed by atoms with van der Waals surface area (Å²) in [5.41, 5.74) is 1.33. The number of benzene rings is 2. The summed E-state index contributed by atoms with van der Waals surface area (Å²) >= 11 is 0. The van der Waals surface area contributed by atoms with Crippen molar-refractivity contribution in [2.75, 3.05) is 7.11 Å². The second-order valence-corrected chi connectivity index (χ2v) is 5.91. The third-order valence-electron chi connectivity index (χ3n) is 4.74. The molecule has 1 nitrogen and oxygen atoms in total. The van der Waals surface area contributed by atoms with Crippen molar-refractivity contribution in [3.63, 3.8) is 0 Å². The minimum absolute atomic E-state index is 0.267. The average molecular weight is 284 g/mol. The Morgan fingerprint density at radius 3 is 2.57 bits per heavy atom. The van der Waals surface area contributed by atoms with Gasteiger partial charge in [-0.15, -0.1) is 6.58 Å². The Morgan fingerprint density at radius 2 is 1.90 bits per heavy atom. The van der Waals surface area contributed by atoms with E-state index in [4.69, 9.17) is 4.74 Å². The summed E-state index contributed by atoms with van der Waals surface area (Å²) in [6.07, 6.45) is 6.90. The molecule has 1 aliphatic rings. The van der Waals surface area contributed by atoms with Gasteiger partial charge >= 0.3 is 0 Å². The van der Waals surface area contributed by atoms with Crippen molar-refractivity contribution in [3.05, 3.63) is 54.4 Å². The Kier molecular flexibility index (Phi) is 3.96. The standard InChI is InChI=1S/C19H21FO/c1-3-13-4-6-14(7-5-13)15-8-10-17-16(12-15)9-11-18(21-2)19(17)20/h3,8-14H,1,4-7H2,2H3. The van der Waals surface area contributed by atoms with Gasteiger partial charge in [0, 0.05) is 5.39 Å².